The lowest BCUT2D eigenvalue weighted by atomic mass is 10.5. The highest BCUT2D eigenvalue weighted by Gasteiger charge is 1.84. The average molecular weight is 105 g/mol. The van der Waals surface area contributed by atoms with Crippen molar-refractivity contribution in [3.05, 3.63) is 0 Å². The predicted octanol–water partition coefficient (Wildman–Crippen LogP) is -0.263. The lowest BCUT2D eigenvalue weighted by Crippen LogP contribution is -2.09. The second kappa shape index (κ2) is 3.10. The molecular formula is C3H8NOP. The smallest absolute Gasteiger partial charge is 0.217 e. The zero-order valence-corrected chi connectivity index (χ0v) is 4.63. The first-order chi connectivity index (χ1) is 2.77. The SMILES string of the molecule is NC(=O)CCP. The zero-order valence-electron chi connectivity index (χ0n) is 3.48. The summed E-state index contributed by atoms with van der Waals surface area (Å²) in [5.74, 6) is -0.231. The average Bonchev–Trinajstić information content (AvgIpc) is 1.35. The second-order valence-corrected chi connectivity index (χ2v) is 1.58. The van der Waals surface area contributed by atoms with E-state index in [1.54, 1.807) is 0 Å². The summed E-state index contributed by atoms with van der Waals surface area (Å²) in [4.78, 5) is 9.81. The molecule has 3 heteroatoms. The van der Waals surface area contributed by atoms with Crippen LogP contribution in [-0.4, -0.2) is 12.1 Å². The van der Waals surface area contributed by atoms with Crippen molar-refractivity contribution in [2.45, 2.75) is 6.42 Å². The van der Waals surface area contributed by atoms with Gasteiger partial charge in [0.05, 0.1) is 0 Å². The molecule has 0 aliphatic rings. The maximum Gasteiger partial charge on any atom is 0.217 e. The second-order valence-electron chi connectivity index (χ2n) is 1.00. The first kappa shape index (κ1) is 5.90. The molecule has 0 fully saturated rings. The van der Waals surface area contributed by atoms with Gasteiger partial charge in [0.25, 0.3) is 0 Å². The van der Waals surface area contributed by atoms with Crippen LogP contribution < -0.4 is 5.73 Å². The van der Waals surface area contributed by atoms with Crippen LogP contribution in [0.15, 0.2) is 0 Å². The Balaban J connectivity index is 2.83. The lowest BCUT2D eigenvalue weighted by Gasteiger charge is -1.81. The summed E-state index contributed by atoms with van der Waals surface area (Å²) in [6.07, 6.45) is 1.25. The van der Waals surface area contributed by atoms with Gasteiger partial charge in [0.2, 0.25) is 5.91 Å². The van der Waals surface area contributed by atoms with Crippen molar-refractivity contribution >= 4 is 15.1 Å². The van der Waals surface area contributed by atoms with Crippen LogP contribution in [0, 0.1) is 0 Å². The molecule has 0 aromatic rings. The molecule has 1 unspecified atom stereocenters. The predicted molar refractivity (Wildman–Crippen MR) is 28.4 cm³/mol. The third kappa shape index (κ3) is 3.90. The molecule has 6 heavy (non-hydrogen) atoms. The van der Waals surface area contributed by atoms with E-state index in [0.29, 0.717) is 6.42 Å². The number of hydrogen-bond acceptors (Lipinski definition) is 1. The van der Waals surface area contributed by atoms with Crippen molar-refractivity contribution in [3.63, 3.8) is 0 Å². The largest absolute Gasteiger partial charge is 0.370 e. The summed E-state index contributed by atoms with van der Waals surface area (Å²) in [6, 6.07) is 0. The Kier molecular flexibility index (Phi) is 3.05. The molecule has 0 radical (unpaired) electrons. The van der Waals surface area contributed by atoms with E-state index in [9.17, 15) is 4.79 Å². The van der Waals surface area contributed by atoms with Crippen LogP contribution in [-0.2, 0) is 4.79 Å². The quantitative estimate of drug-likeness (QED) is 0.483. The summed E-state index contributed by atoms with van der Waals surface area (Å²) in [5, 5.41) is 0. The van der Waals surface area contributed by atoms with E-state index in [4.69, 9.17) is 5.73 Å². The maximum atomic E-state index is 9.81. The van der Waals surface area contributed by atoms with Crippen LogP contribution >= 0.6 is 9.24 Å². The summed E-state index contributed by atoms with van der Waals surface area (Å²) in [5.41, 5.74) is 4.75. The number of carbonyl (C=O) groups is 1. The van der Waals surface area contributed by atoms with Crippen molar-refractivity contribution in [3.8, 4) is 0 Å². The standard InChI is InChI=1S/C3H8NOP/c4-3(5)1-2-6/h1-2,6H2,(H2,4,5). The van der Waals surface area contributed by atoms with Crippen molar-refractivity contribution in [2.24, 2.45) is 5.73 Å². The van der Waals surface area contributed by atoms with E-state index in [0.717, 1.165) is 6.16 Å². The molecule has 0 heterocycles. The Bertz CT molecular complexity index is 54.8. The Morgan fingerprint density at radius 3 is 2.33 bits per heavy atom. The van der Waals surface area contributed by atoms with Crippen LogP contribution in [0.1, 0.15) is 6.42 Å². The van der Waals surface area contributed by atoms with Crippen LogP contribution in [0.3, 0.4) is 0 Å². The fraction of sp³-hybridized carbons (Fsp3) is 0.667. The van der Waals surface area contributed by atoms with Gasteiger partial charge in [-0.25, -0.2) is 0 Å². The van der Waals surface area contributed by atoms with E-state index < -0.39 is 0 Å². The van der Waals surface area contributed by atoms with Crippen LogP contribution in [0.25, 0.3) is 0 Å². The van der Waals surface area contributed by atoms with Crippen molar-refractivity contribution in [1.29, 1.82) is 0 Å². The molecule has 0 bridgehead atoms. The van der Waals surface area contributed by atoms with Crippen LogP contribution in [0.5, 0.6) is 0 Å². The number of carbonyl (C=O) groups excluding carboxylic acids is 1. The zero-order chi connectivity index (χ0) is 4.99. The molecule has 0 aliphatic carbocycles. The van der Waals surface area contributed by atoms with E-state index in [1.165, 1.54) is 0 Å². The molecule has 0 rings (SSSR count). The summed E-state index contributed by atoms with van der Waals surface area (Å²) in [7, 11) is 2.42. The fourth-order valence-corrected chi connectivity index (χ4v) is 0.427. The molecule has 2 nitrogen and oxygen atoms in total. The van der Waals surface area contributed by atoms with Gasteiger partial charge in [0, 0.05) is 6.42 Å². The number of hydrogen-bond donors (Lipinski definition) is 1. The molecule has 0 spiro atoms. The highest BCUT2D eigenvalue weighted by atomic mass is 31.0. The lowest BCUT2D eigenvalue weighted by molar-refractivity contribution is -0.117. The summed E-state index contributed by atoms with van der Waals surface area (Å²) < 4.78 is 0. The minimum absolute atomic E-state index is 0.231. The van der Waals surface area contributed by atoms with Gasteiger partial charge in [-0.05, 0) is 6.16 Å². The van der Waals surface area contributed by atoms with Gasteiger partial charge in [-0.3, -0.25) is 4.79 Å². The fourth-order valence-electron chi connectivity index (χ4n) is 0.142. The van der Waals surface area contributed by atoms with Crippen molar-refractivity contribution in [2.75, 3.05) is 6.16 Å². The summed E-state index contributed by atoms with van der Waals surface area (Å²) >= 11 is 0. The first-order valence-electron chi connectivity index (χ1n) is 1.75. The van der Waals surface area contributed by atoms with E-state index >= 15 is 0 Å². The Morgan fingerprint density at radius 1 is 1.83 bits per heavy atom. The van der Waals surface area contributed by atoms with Gasteiger partial charge in [0.1, 0.15) is 0 Å². The monoisotopic (exact) mass is 105 g/mol. The van der Waals surface area contributed by atoms with Crippen LogP contribution in [0.2, 0.25) is 0 Å². The molecule has 0 saturated carbocycles. The molecule has 1 amide bonds. The molecule has 36 valence electrons. The van der Waals surface area contributed by atoms with E-state index in [2.05, 4.69) is 9.24 Å². The van der Waals surface area contributed by atoms with E-state index in [1.807, 2.05) is 0 Å². The molecule has 0 aromatic heterocycles. The van der Waals surface area contributed by atoms with Gasteiger partial charge < -0.3 is 5.73 Å². The summed E-state index contributed by atoms with van der Waals surface area (Å²) in [6.45, 7) is 0. The number of primary amides is 1. The van der Waals surface area contributed by atoms with Gasteiger partial charge >= 0.3 is 0 Å². The third-order valence-corrected chi connectivity index (χ3v) is 0.679. The molecule has 0 aromatic carbocycles. The van der Waals surface area contributed by atoms with Crippen LogP contribution in [0.4, 0.5) is 0 Å². The van der Waals surface area contributed by atoms with Gasteiger partial charge in [-0.2, -0.15) is 0 Å². The first-order valence-corrected chi connectivity index (χ1v) is 2.57. The van der Waals surface area contributed by atoms with Crippen molar-refractivity contribution in [1.82, 2.24) is 0 Å². The van der Waals surface area contributed by atoms with Crippen molar-refractivity contribution < 1.29 is 4.79 Å². The normalized spacial score (nSPS) is 8.17. The number of nitrogens with two attached hydrogens (primary N) is 1. The number of rotatable bonds is 2. The maximum absolute atomic E-state index is 9.81. The minimum atomic E-state index is -0.231. The third-order valence-electron chi connectivity index (χ3n) is 0.391. The highest BCUT2D eigenvalue weighted by molar-refractivity contribution is 7.16. The molecule has 1 atom stereocenters. The minimum Gasteiger partial charge on any atom is -0.370 e. The number of amides is 1. The highest BCUT2D eigenvalue weighted by Crippen LogP contribution is 1.83. The Hall–Kier alpha value is -0.100. The van der Waals surface area contributed by atoms with Gasteiger partial charge in [-0.15, -0.1) is 9.24 Å². The molecule has 0 aliphatic heterocycles. The van der Waals surface area contributed by atoms with E-state index in [-0.39, 0.29) is 5.91 Å². The molecule has 0 saturated heterocycles. The Labute approximate surface area is 39.3 Å². The van der Waals surface area contributed by atoms with Gasteiger partial charge in [-0.1, -0.05) is 0 Å². The topological polar surface area (TPSA) is 43.1 Å². The Morgan fingerprint density at radius 2 is 2.33 bits per heavy atom. The molecular weight excluding hydrogens is 97.0 g/mol. The van der Waals surface area contributed by atoms with Gasteiger partial charge in [0.15, 0.2) is 0 Å². The molecule has 2 N–H and O–H groups in total.